The Morgan fingerprint density at radius 1 is 1.03 bits per heavy atom. The van der Waals surface area contributed by atoms with Crippen molar-refractivity contribution in [2.45, 2.75) is 32.4 Å². The molecule has 3 heterocycles. The Morgan fingerprint density at radius 2 is 1.83 bits per heavy atom. The Kier molecular flexibility index (Phi) is 6.00. The van der Waals surface area contributed by atoms with Crippen LogP contribution in [0.1, 0.15) is 24.0 Å². The van der Waals surface area contributed by atoms with Crippen molar-refractivity contribution < 1.29 is 4.74 Å². The van der Waals surface area contributed by atoms with E-state index in [0.717, 1.165) is 49.4 Å². The first-order chi connectivity index (χ1) is 14.2. The molecule has 6 nitrogen and oxygen atoms in total. The minimum atomic E-state index is 0.428. The van der Waals surface area contributed by atoms with Crippen LogP contribution in [0.3, 0.4) is 0 Å². The van der Waals surface area contributed by atoms with Crippen LogP contribution in [-0.4, -0.2) is 46.1 Å². The fourth-order valence-electron chi connectivity index (χ4n) is 3.63. The van der Waals surface area contributed by atoms with Gasteiger partial charge < -0.3 is 10.1 Å². The van der Waals surface area contributed by atoms with Gasteiger partial charge in [-0.3, -0.25) is 4.90 Å². The molecule has 0 atom stereocenters. The molecule has 0 radical (unpaired) electrons. The zero-order chi connectivity index (χ0) is 20.1. The van der Waals surface area contributed by atoms with E-state index in [-0.39, 0.29) is 0 Å². The van der Waals surface area contributed by atoms with E-state index in [1.165, 1.54) is 5.56 Å². The number of ether oxygens (including phenoxy) is 1. The molecule has 1 aliphatic rings. The molecule has 4 rings (SSSR count). The third kappa shape index (κ3) is 4.90. The Bertz CT molecular complexity index is 922. The molecule has 0 bridgehead atoms. The Hall–Kier alpha value is -2.99. The Labute approximate surface area is 172 Å². The van der Waals surface area contributed by atoms with Crippen LogP contribution in [0, 0.1) is 6.92 Å². The average molecular weight is 390 g/mol. The number of aryl methyl sites for hydroxylation is 1. The molecule has 1 saturated heterocycles. The Balaban J connectivity index is 1.38. The first-order valence-corrected chi connectivity index (χ1v) is 10.1. The standard InChI is InChI=1S/C23H27N5O/c1-17-14-25-23(19-8-9-21(29-2)24-15-19)27-22(17)26-20-10-12-28(13-11-20)16-18-6-4-3-5-7-18/h3-9,14-15,20H,10-13,16H2,1-2H3,(H,25,26,27). The van der Waals surface area contributed by atoms with Gasteiger partial charge in [0.15, 0.2) is 5.82 Å². The summed E-state index contributed by atoms with van der Waals surface area (Å²) < 4.78 is 5.13. The van der Waals surface area contributed by atoms with Crippen molar-refractivity contribution in [3.05, 3.63) is 66.0 Å². The molecule has 0 saturated carbocycles. The third-order valence-electron chi connectivity index (χ3n) is 5.35. The van der Waals surface area contributed by atoms with Crippen LogP contribution >= 0.6 is 0 Å². The zero-order valence-corrected chi connectivity index (χ0v) is 17.0. The molecule has 0 amide bonds. The first kappa shape index (κ1) is 19.3. The van der Waals surface area contributed by atoms with Gasteiger partial charge in [0.2, 0.25) is 5.88 Å². The van der Waals surface area contributed by atoms with Crippen molar-refractivity contribution in [2.75, 3.05) is 25.5 Å². The number of methoxy groups -OCH3 is 1. The number of anilines is 1. The molecule has 6 heteroatoms. The summed E-state index contributed by atoms with van der Waals surface area (Å²) in [4.78, 5) is 16.0. The molecule has 3 aromatic rings. The van der Waals surface area contributed by atoms with Crippen LogP contribution in [0.25, 0.3) is 11.4 Å². The molecule has 150 valence electrons. The van der Waals surface area contributed by atoms with Gasteiger partial charge in [-0.25, -0.2) is 15.0 Å². The summed E-state index contributed by atoms with van der Waals surface area (Å²) in [7, 11) is 1.61. The summed E-state index contributed by atoms with van der Waals surface area (Å²) in [6.45, 7) is 5.25. The smallest absolute Gasteiger partial charge is 0.212 e. The summed E-state index contributed by atoms with van der Waals surface area (Å²) in [5.41, 5.74) is 3.32. The van der Waals surface area contributed by atoms with Crippen LogP contribution in [0.2, 0.25) is 0 Å². The van der Waals surface area contributed by atoms with Gasteiger partial charge in [0.1, 0.15) is 5.82 Å². The maximum atomic E-state index is 5.13. The topological polar surface area (TPSA) is 63.2 Å². The highest BCUT2D eigenvalue weighted by atomic mass is 16.5. The number of piperidine rings is 1. The highest BCUT2D eigenvalue weighted by Crippen LogP contribution is 2.23. The third-order valence-corrected chi connectivity index (χ3v) is 5.35. The lowest BCUT2D eigenvalue weighted by atomic mass is 10.0. The Morgan fingerprint density at radius 3 is 2.52 bits per heavy atom. The molecule has 0 aliphatic carbocycles. The van der Waals surface area contributed by atoms with E-state index < -0.39 is 0 Å². The lowest BCUT2D eigenvalue weighted by molar-refractivity contribution is 0.211. The molecule has 1 N–H and O–H groups in total. The van der Waals surface area contributed by atoms with Crippen LogP contribution in [0.4, 0.5) is 5.82 Å². The van der Waals surface area contributed by atoms with E-state index in [9.17, 15) is 0 Å². The summed E-state index contributed by atoms with van der Waals surface area (Å²) in [5, 5.41) is 3.64. The number of nitrogens with zero attached hydrogens (tertiary/aromatic N) is 4. The van der Waals surface area contributed by atoms with Crippen LogP contribution in [0.5, 0.6) is 5.88 Å². The average Bonchev–Trinajstić information content (AvgIpc) is 2.77. The molecular formula is C23H27N5O. The van der Waals surface area contributed by atoms with E-state index in [4.69, 9.17) is 9.72 Å². The maximum Gasteiger partial charge on any atom is 0.212 e. The van der Waals surface area contributed by atoms with Crippen LogP contribution in [-0.2, 0) is 6.54 Å². The van der Waals surface area contributed by atoms with Gasteiger partial charge in [0, 0.05) is 55.3 Å². The zero-order valence-electron chi connectivity index (χ0n) is 17.0. The summed E-state index contributed by atoms with van der Waals surface area (Å²) in [6, 6.07) is 14.9. The second-order valence-electron chi connectivity index (χ2n) is 7.49. The molecule has 0 unspecified atom stereocenters. The van der Waals surface area contributed by atoms with Crippen molar-refractivity contribution in [1.82, 2.24) is 19.9 Å². The lowest BCUT2D eigenvalue weighted by Crippen LogP contribution is -2.38. The molecular weight excluding hydrogens is 362 g/mol. The monoisotopic (exact) mass is 389 g/mol. The predicted octanol–water partition coefficient (Wildman–Crippen LogP) is 3.93. The number of nitrogens with one attached hydrogen (secondary N) is 1. The SMILES string of the molecule is COc1ccc(-c2ncc(C)c(NC3CCN(Cc4ccccc4)CC3)n2)cn1. The van der Waals surface area contributed by atoms with E-state index in [1.54, 1.807) is 13.3 Å². The van der Waals surface area contributed by atoms with E-state index >= 15 is 0 Å². The van der Waals surface area contributed by atoms with Crippen molar-refractivity contribution >= 4 is 5.82 Å². The maximum absolute atomic E-state index is 5.13. The predicted molar refractivity (Wildman–Crippen MR) is 115 cm³/mol. The van der Waals surface area contributed by atoms with Gasteiger partial charge in [-0.15, -0.1) is 0 Å². The van der Waals surface area contributed by atoms with Gasteiger partial charge in [0.05, 0.1) is 7.11 Å². The van der Waals surface area contributed by atoms with E-state index in [1.807, 2.05) is 25.3 Å². The summed E-state index contributed by atoms with van der Waals surface area (Å²) >= 11 is 0. The number of likely N-dealkylation sites (tertiary alicyclic amines) is 1. The van der Waals surface area contributed by atoms with Crippen molar-refractivity contribution in [3.63, 3.8) is 0 Å². The molecule has 29 heavy (non-hydrogen) atoms. The molecule has 1 aromatic carbocycles. The summed E-state index contributed by atoms with van der Waals surface area (Å²) in [5.74, 6) is 2.17. The largest absolute Gasteiger partial charge is 0.481 e. The minimum Gasteiger partial charge on any atom is -0.481 e. The quantitative estimate of drug-likeness (QED) is 0.689. The van der Waals surface area contributed by atoms with Crippen molar-refractivity contribution in [1.29, 1.82) is 0 Å². The highest BCUT2D eigenvalue weighted by molar-refractivity contribution is 5.58. The van der Waals surface area contributed by atoms with Gasteiger partial charge in [-0.2, -0.15) is 0 Å². The second kappa shape index (κ2) is 9.01. The molecule has 2 aromatic heterocycles. The van der Waals surface area contributed by atoms with Gasteiger partial charge in [-0.05, 0) is 31.4 Å². The normalized spacial score (nSPS) is 15.2. The number of pyridine rings is 1. The summed E-state index contributed by atoms with van der Waals surface area (Å²) in [6.07, 6.45) is 5.83. The minimum absolute atomic E-state index is 0.428. The fraction of sp³-hybridized carbons (Fsp3) is 0.348. The number of rotatable bonds is 6. The fourth-order valence-corrected chi connectivity index (χ4v) is 3.63. The molecule has 1 fully saturated rings. The first-order valence-electron chi connectivity index (χ1n) is 10.1. The number of hydrogen-bond acceptors (Lipinski definition) is 6. The van der Waals surface area contributed by atoms with Gasteiger partial charge >= 0.3 is 0 Å². The van der Waals surface area contributed by atoms with Crippen LogP contribution in [0.15, 0.2) is 54.9 Å². The number of aromatic nitrogens is 3. The molecule has 1 aliphatic heterocycles. The van der Waals surface area contributed by atoms with Crippen molar-refractivity contribution in [3.8, 4) is 17.3 Å². The van der Waals surface area contributed by atoms with E-state index in [0.29, 0.717) is 17.7 Å². The number of hydrogen-bond donors (Lipinski definition) is 1. The van der Waals surface area contributed by atoms with E-state index in [2.05, 4.69) is 50.5 Å². The van der Waals surface area contributed by atoms with Gasteiger partial charge in [0.25, 0.3) is 0 Å². The molecule has 0 spiro atoms. The number of benzene rings is 1. The lowest BCUT2D eigenvalue weighted by Gasteiger charge is -2.32. The second-order valence-corrected chi connectivity index (χ2v) is 7.49. The van der Waals surface area contributed by atoms with Gasteiger partial charge in [-0.1, -0.05) is 30.3 Å². The highest BCUT2D eigenvalue weighted by Gasteiger charge is 2.20. The van der Waals surface area contributed by atoms with Crippen LogP contribution < -0.4 is 10.1 Å². The van der Waals surface area contributed by atoms with Crippen molar-refractivity contribution in [2.24, 2.45) is 0 Å².